The maximum atomic E-state index is 5.19. The molecule has 258 valence electrons. The largest absolute Gasteiger partial charge is 0.208 e. The Morgan fingerprint density at radius 3 is 1.69 bits per heavy atom. The minimum Gasteiger partial charge on any atom is -0.208 e. The van der Waals surface area contributed by atoms with Crippen molar-refractivity contribution < 1.29 is 0 Å². The van der Waals surface area contributed by atoms with E-state index in [1.807, 2.05) is 18.2 Å². The van der Waals surface area contributed by atoms with Gasteiger partial charge in [0.15, 0.2) is 17.5 Å². The Bertz CT molecular complexity index is 3180. The molecule has 0 saturated heterocycles. The van der Waals surface area contributed by atoms with Crippen molar-refractivity contribution in [1.29, 1.82) is 0 Å². The van der Waals surface area contributed by atoms with Crippen molar-refractivity contribution in [3.05, 3.63) is 187 Å². The number of benzene rings is 9. The van der Waals surface area contributed by atoms with Gasteiger partial charge in [-0.05, 0) is 94.7 Å². The minimum atomic E-state index is -0.126. The molecule has 0 amide bonds. The van der Waals surface area contributed by atoms with E-state index >= 15 is 0 Å². The molecule has 0 bridgehead atoms. The van der Waals surface area contributed by atoms with Crippen LogP contribution in [0.15, 0.2) is 176 Å². The molecule has 0 atom stereocenters. The highest BCUT2D eigenvalue weighted by molar-refractivity contribution is 6.31. The molecule has 0 unspecified atom stereocenters. The summed E-state index contributed by atoms with van der Waals surface area (Å²) in [5.74, 6) is 1.97. The van der Waals surface area contributed by atoms with Crippen LogP contribution in [0.3, 0.4) is 0 Å². The van der Waals surface area contributed by atoms with Crippen molar-refractivity contribution in [2.45, 2.75) is 19.3 Å². The number of hydrogen-bond acceptors (Lipinski definition) is 3. The Balaban J connectivity index is 1.07. The first-order valence-corrected chi connectivity index (χ1v) is 18.9. The molecule has 11 rings (SSSR count). The van der Waals surface area contributed by atoms with Gasteiger partial charge in [-0.2, -0.15) is 0 Å². The average molecular weight is 702 g/mol. The molecule has 1 aliphatic rings. The van der Waals surface area contributed by atoms with Gasteiger partial charge in [0.25, 0.3) is 0 Å². The summed E-state index contributed by atoms with van der Waals surface area (Å²) in [6, 6.07) is 63.2. The van der Waals surface area contributed by atoms with Gasteiger partial charge in [0.1, 0.15) is 0 Å². The second kappa shape index (κ2) is 12.0. The molecule has 10 aromatic rings. The van der Waals surface area contributed by atoms with E-state index in [9.17, 15) is 0 Å². The van der Waals surface area contributed by atoms with Crippen LogP contribution in [0, 0.1) is 0 Å². The van der Waals surface area contributed by atoms with Crippen LogP contribution in [-0.2, 0) is 5.41 Å². The first kappa shape index (κ1) is 31.5. The summed E-state index contributed by atoms with van der Waals surface area (Å²) in [5, 5.41) is 10.2. The fourth-order valence-electron chi connectivity index (χ4n) is 8.94. The van der Waals surface area contributed by atoms with E-state index in [2.05, 4.69) is 172 Å². The molecule has 3 heteroatoms. The summed E-state index contributed by atoms with van der Waals surface area (Å²) in [7, 11) is 0. The van der Waals surface area contributed by atoms with E-state index in [1.165, 1.54) is 65.3 Å². The van der Waals surface area contributed by atoms with Crippen LogP contribution in [0.5, 0.6) is 0 Å². The third kappa shape index (κ3) is 4.93. The van der Waals surface area contributed by atoms with Crippen LogP contribution < -0.4 is 0 Å². The number of rotatable bonds is 4. The van der Waals surface area contributed by atoms with Crippen LogP contribution >= 0.6 is 0 Å². The molecule has 3 nitrogen and oxygen atoms in total. The quantitative estimate of drug-likeness (QED) is 0.171. The molecule has 1 aromatic heterocycles. The van der Waals surface area contributed by atoms with E-state index in [4.69, 9.17) is 15.0 Å². The van der Waals surface area contributed by atoms with Crippen LogP contribution in [0.1, 0.15) is 25.0 Å². The molecular weight excluding hydrogens is 667 g/mol. The van der Waals surface area contributed by atoms with Crippen molar-refractivity contribution in [2.75, 3.05) is 0 Å². The molecule has 1 aliphatic carbocycles. The molecule has 0 radical (unpaired) electrons. The Kier molecular flexibility index (Phi) is 6.90. The second-order valence-electron chi connectivity index (χ2n) is 15.2. The fraction of sp³-hybridized carbons (Fsp3) is 0.0577. The summed E-state index contributed by atoms with van der Waals surface area (Å²) >= 11 is 0. The highest BCUT2D eigenvalue weighted by atomic mass is 15.0. The number of aromatic nitrogens is 3. The predicted molar refractivity (Wildman–Crippen MR) is 229 cm³/mol. The van der Waals surface area contributed by atoms with Crippen molar-refractivity contribution in [3.8, 4) is 56.4 Å². The monoisotopic (exact) mass is 701 g/mol. The molecule has 0 saturated carbocycles. The van der Waals surface area contributed by atoms with Crippen molar-refractivity contribution in [3.63, 3.8) is 0 Å². The normalized spacial score (nSPS) is 13.1. The molecular formula is C52H35N3. The van der Waals surface area contributed by atoms with Gasteiger partial charge < -0.3 is 0 Å². The zero-order valence-electron chi connectivity index (χ0n) is 30.6. The Hall–Kier alpha value is -6.97. The lowest BCUT2D eigenvalue weighted by atomic mass is 9.82. The first-order valence-electron chi connectivity index (χ1n) is 18.9. The maximum absolute atomic E-state index is 5.19. The van der Waals surface area contributed by atoms with Crippen molar-refractivity contribution in [1.82, 2.24) is 15.0 Å². The van der Waals surface area contributed by atoms with Gasteiger partial charge in [0.05, 0.1) is 0 Å². The van der Waals surface area contributed by atoms with Crippen LogP contribution in [-0.4, -0.2) is 15.0 Å². The summed E-state index contributed by atoms with van der Waals surface area (Å²) in [6.07, 6.45) is 0. The van der Waals surface area contributed by atoms with Gasteiger partial charge in [-0.1, -0.05) is 172 Å². The van der Waals surface area contributed by atoms with E-state index in [0.717, 1.165) is 27.8 Å². The fourth-order valence-corrected chi connectivity index (χ4v) is 8.94. The third-order valence-corrected chi connectivity index (χ3v) is 11.7. The Morgan fingerprint density at radius 1 is 0.327 bits per heavy atom. The van der Waals surface area contributed by atoms with Gasteiger partial charge in [0.2, 0.25) is 0 Å². The smallest absolute Gasteiger partial charge is 0.164 e. The molecule has 9 aromatic carbocycles. The lowest BCUT2D eigenvalue weighted by molar-refractivity contribution is 0.660. The number of nitrogens with zero attached hydrogens (tertiary/aromatic N) is 3. The number of fused-ring (bicyclic) bond motifs is 11. The molecule has 0 fully saturated rings. The van der Waals surface area contributed by atoms with Gasteiger partial charge >= 0.3 is 0 Å². The zero-order chi connectivity index (χ0) is 36.7. The lowest BCUT2D eigenvalue weighted by Gasteiger charge is -2.21. The predicted octanol–water partition coefficient (Wildman–Crippen LogP) is 13.5. The summed E-state index contributed by atoms with van der Waals surface area (Å²) in [5.41, 5.74) is 10.2. The van der Waals surface area contributed by atoms with Crippen LogP contribution in [0.25, 0.3) is 99.5 Å². The van der Waals surface area contributed by atoms with Crippen molar-refractivity contribution >= 4 is 43.1 Å². The maximum Gasteiger partial charge on any atom is 0.164 e. The van der Waals surface area contributed by atoms with Crippen LogP contribution in [0.4, 0.5) is 0 Å². The molecule has 1 heterocycles. The SMILES string of the molecule is CC1(C)c2ccccc2-c2ccc(-c3nc(-c4ccccc4)nc(-c4cccc(-c5ccc6c(c5)c5ccccc5c5ccc7ccccc7c56)c4)n3)cc21. The number of hydrogen-bond donors (Lipinski definition) is 0. The zero-order valence-corrected chi connectivity index (χ0v) is 30.6. The summed E-state index contributed by atoms with van der Waals surface area (Å²) < 4.78 is 0. The average Bonchev–Trinajstić information content (AvgIpc) is 3.48. The Morgan fingerprint density at radius 2 is 0.873 bits per heavy atom. The van der Waals surface area contributed by atoms with Gasteiger partial charge in [-0.15, -0.1) is 0 Å². The summed E-state index contributed by atoms with van der Waals surface area (Å²) in [6.45, 7) is 4.61. The van der Waals surface area contributed by atoms with Gasteiger partial charge in [0, 0.05) is 22.1 Å². The van der Waals surface area contributed by atoms with Crippen LogP contribution in [0.2, 0.25) is 0 Å². The van der Waals surface area contributed by atoms with Gasteiger partial charge in [-0.3, -0.25) is 0 Å². The molecule has 0 N–H and O–H groups in total. The molecule has 0 spiro atoms. The molecule has 55 heavy (non-hydrogen) atoms. The standard InChI is InChI=1S/C52H35N3/c1-52(2)46-22-11-10-21-41(46)42-26-25-37(31-47(42)52)51-54-49(33-14-4-3-5-15-33)53-50(55-51)36-17-12-16-34(29-36)35-24-28-44-45(30-35)40-20-9-8-19-39(40)43-27-23-32-13-6-7-18-38(32)48(43)44/h3-31H,1-2H3. The highest BCUT2D eigenvalue weighted by Crippen LogP contribution is 2.49. The summed E-state index contributed by atoms with van der Waals surface area (Å²) in [4.78, 5) is 15.4. The third-order valence-electron chi connectivity index (χ3n) is 11.7. The minimum absolute atomic E-state index is 0.126. The van der Waals surface area contributed by atoms with Gasteiger partial charge in [-0.25, -0.2) is 15.0 Å². The highest BCUT2D eigenvalue weighted by Gasteiger charge is 2.35. The topological polar surface area (TPSA) is 38.7 Å². The Labute approximate surface area is 319 Å². The van der Waals surface area contributed by atoms with E-state index < -0.39 is 0 Å². The second-order valence-corrected chi connectivity index (χ2v) is 15.2. The van der Waals surface area contributed by atoms with E-state index in [-0.39, 0.29) is 5.41 Å². The van der Waals surface area contributed by atoms with E-state index in [1.54, 1.807) is 0 Å². The van der Waals surface area contributed by atoms with E-state index in [0.29, 0.717) is 17.5 Å². The molecule has 0 aliphatic heterocycles. The first-order chi connectivity index (χ1) is 27.0. The van der Waals surface area contributed by atoms with Crippen molar-refractivity contribution in [2.24, 2.45) is 0 Å². The lowest BCUT2D eigenvalue weighted by Crippen LogP contribution is -2.15.